The molecule has 6 nitrogen and oxygen atoms in total. The number of aliphatic hydroxyl groups excluding tert-OH is 2. The number of hydrogen-bond acceptors (Lipinski definition) is 7. The average molecular weight is 412 g/mol. The highest BCUT2D eigenvalue weighted by molar-refractivity contribution is 7.18. The summed E-state index contributed by atoms with van der Waals surface area (Å²) in [6, 6.07) is 17.4. The van der Waals surface area contributed by atoms with E-state index in [2.05, 4.69) is 15.3 Å². The molecular formula is C20H17N3O3S2. The first-order chi connectivity index (χ1) is 13.6. The summed E-state index contributed by atoms with van der Waals surface area (Å²) in [5, 5.41) is 23.9. The Labute approximate surface area is 169 Å². The van der Waals surface area contributed by atoms with Crippen LogP contribution < -0.4 is 5.32 Å². The molecule has 2 aromatic carbocycles. The molecule has 1 amide bonds. The topological polar surface area (TPSA) is 95.3 Å². The number of benzene rings is 2. The maximum absolute atomic E-state index is 12.3. The molecule has 0 radical (unpaired) electrons. The molecule has 4 rings (SSSR count). The van der Waals surface area contributed by atoms with E-state index >= 15 is 0 Å². The maximum Gasteiger partial charge on any atom is 0.258 e. The van der Waals surface area contributed by atoms with Gasteiger partial charge < -0.3 is 10.2 Å². The molecule has 4 aromatic rings. The molecule has 0 saturated heterocycles. The minimum atomic E-state index is -1.64. The number of thiazole rings is 2. The molecule has 0 aliphatic carbocycles. The van der Waals surface area contributed by atoms with Gasteiger partial charge in [-0.15, -0.1) is 22.7 Å². The zero-order valence-electron chi connectivity index (χ0n) is 14.6. The molecule has 8 heteroatoms. The number of aromatic nitrogens is 2. The lowest BCUT2D eigenvalue weighted by Gasteiger charge is -2.14. The standard InChI is InChI=1S/C20H17N3O3S2/c24-16(17(25)19-22-14-8-4-5-9-15(14)28-19)18(26)23-20-21-11-13(27-20)10-12-6-2-1-3-7-12/h1-9,11,16-17,24-25H,10H2,(H,21,23,26). The molecule has 0 aliphatic rings. The van der Waals surface area contributed by atoms with Gasteiger partial charge in [-0.2, -0.15) is 0 Å². The van der Waals surface area contributed by atoms with Gasteiger partial charge in [0.2, 0.25) is 0 Å². The van der Waals surface area contributed by atoms with Gasteiger partial charge in [0.25, 0.3) is 5.91 Å². The molecule has 2 unspecified atom stereocenters. The highest BCUT2D eigenvalue weighted by Gasteiger charge is 2.29. The number of aliphatic hydroxyl groups is 2. The quantitative estimate of drug-likeness (QED) is 0.452. The first kappa shape index (κ1) is 18.7. The monoisotopic (exact) mass is 411 g/mol. The number of carbonyl (C=O) groups is 1. The Balaban J connectivity index is 1.41. The molecule has 0 aliphatic heterocycles. The fraction of sp³-hybridized carbons (Fsp3) is 0.150. The van der Waals surface area contributed by atoms with Gasteiger partial charge in [0, 0.05) is 17.5 Å². The minimum absolute atomic E-state index is 0.299. The fourth-order valence-corrected chi connectivity index (χ4v) is 4.55. The number of nitrogens with zero attached hydrogens (tertiary/aromatic N) is 2. The first-order valence-electron chi connectivity index (χ1n) is 8.61. The highest BCUT2D eigenvalue weighted by atomic mass is 32.1. The van der Waals surface area contributed by atoms with Crippen LogP contribution in [0.25, 0.3) is 10.2 Å². The zero-order valence-corrected chi connectivity index (χ0v) is 16.3. The van der Waals surface area contributed by atoms with Crippen molar-refractivity contribution in [1.82, 2.24) is 9.97 Å². The summed E-state index contributed by atoms with van der Waals surface area (Å²) in [5.74, 6) is -0.715. The number of para-hydroxylation sites is 1. The lowest BCUT2D eigenvalue weighted by atomic mass is 10.1. The van der Waals surface area contributed by atoms with Crippen molar-refractivity contribution < 1.29 is 15.0 Å². The third-order valence-electron chi connectivity index (χ3n) is 4.14. The van der Waals surface area contributed by atoms with Crippen molar-refractivity contribution in [2.75, 3.05) is 5.32 Å². The summed E-state index contributed by atoms with van der Waals surface area (Å²) in [5.41, 5.74) is 1.87. The van der Waals surface area contributed by atoms with Crippen LogP contribution in [0.2, 0.25) is 0 Å². The SMILES string of the molecule is O=C(Nc1ncc(Cc2ccccc2)s1)C(O)C(O)c1nc2ccccc2s1. The number of nitrogens with one attached hydrogen (secondary N) is 1. The molecule has 2 heterocycles. The molecule has 142 valence electrons. The van der Waals surface area contributed by atoms with E-state index in [-0.39, 0.29) is 0 Å². The minimum Gasteiger partial charge on any atom is -0.383 e. The van der Waals surface area contributed by atoms with Crippen molar-refractivity contribution in [3.63, 3.8) is 0 Å². The third-order valence-corrected chi connectivity index (χ3v) is 6.16. The maximum atomic E-state index is 12.3. The molecule has 3 N–H and O–H groups in total. The van der Waals surface area contributed by atoms with Crippen molar-refractivity contribution in [2.24, 2.45) is 0 Å². The summed E-state index contributed by atoms with van der Waals surface area (Å²) in [7, 11) is 0. The van der Waals surface area contributed by atoms with Gasteiger partial charge in [0.05, 0.1) is 10.2 Å². The van der Waals surface area contributed by atoms with E-state index in [1.807, 2.05) is 54.6 Å². The van der Waals surface area contributed by atoms with Crippen LogP contribution in [0.4, 0.5) is 5.13 Å². The Morgan fingerprint density at radius 1 is 1.04 bits per heavy atom. The molecule has 0 spiro atoms. The summed E-state index contributed by atoms with van der Waals surface area (Å²) >= 11 is 2.58. The van der Waals surface area contributed by atoms with E-state index in [0.717, 1.165) is 20.7 Å². The smallest absolute Gasteiger partial charge is 0.258 e. The van der Waals surface area contributed by atoms with Crippen molar-refractivity contribution in [3.8, 4) is 0 Å². The van der Waals surface area contributed by atoms with Crippen molar-refractivity contribution >= 4 is 43.9 Å². The summed E-state index contributed by atoms with van der Waals surface area (Å²) < 4.78 is 0.884. The lowest BCUT2D eigenvalue weighted by Crippen LogP contribution is -2.33. The second kappa shape index (κ2) is 8.15. The summed E-state index contributed by atoms with van der Waals surface area (Å²) in [6.07, 6.45) is -0.627. The predicted octanol–water partition coefficient (Wildman–Crippen LogP) is 3.38. The van der Waals surface area contributed by atoms with Crippen LogP contribution >= 0.6 is 22.7 Å². The van der Waals surface area contributed by atoms with Gasteiger partial charge >= 0.3 is 0 Å². The molecule has 2 atom stereocenters. The third kappa shape index (κ3) is 4.10. The summed E-state index contributed by atoms with van der Waals surface area (Å²) in [6.45, 7) is 0. The van der Waals surface area contributed by atoms with Crippen LogP contribution in [-0.2, 0) is 11.2 Å². The Hall–Kier alpha value is -2.65. The van der Waals surface area contributed by atoms with E-state index in [9.17, 15) is 15.0 Å². The van der Waals surface area contributed by atoms with Crippen molar-refractivity contribution in [2.45, 2.75) is 18.6 Å². The zero-order chi connectivity index (χ0) is 19.5. The van der Waals surface area contributed by atoms with E-state index in [4.69, 9.17) is 0 Å². The van der Waals surface area contributed by atoms with Crippen molar-refractivity contribution in [3.05, 3.63) is 76.2 Å². The Morgan fingerprint density at radius 2 is 1.79 bits per heavy atom. The van der Waals surface area contributed by atoms with Gasteiger partial charge in [0.1, 0.15) is 11.1 Å². The van der Waals surface area contributed by atoms with Crippen molar-refractivity contribution in [1.29, 1.82) is 0 Å². The van der Waals surface area contributed by atoms with Gasteiger partial charge in [-0.05, 0) is 17.7 Å². The fourth-order valence-electron chi connectivity index (χ4n) is 2.72. The largest absolute Gasteiger partial charge is 0.383 e. The normalized spacial score (nSPS) is 13.4. The molecule has 0 fully saturated rings. The number of rotatable bonds is 6. The van der Waals surface area contributed by atoms with E-state index < -0.39 is 18.1 Å². The van der Waals surface area contributed by atoms with Gasteiger partial charge in [-0.1, -0.05) is 42.5 Å². The van der Waals surface area contributed by atoms with Crippen LogP contribution in [0.15, 0.2) is 60.8 Å². The first-order valence-corrected chi connectivity index (χ1v) is 10.2. The lowest BCUT2D eigenvalue weighted by molar-refractivity contribution is -0.129. The number of hydrogen-bond donors (Lipinski definition) is 3. The van der Waals surface area contributed by atoms with E-state index in [0.29, 0.717) is 16.6 Å². The average Bonchev–Trinajstić information content (AvgIpc) is 3.34. The number of fused-ring (bicyclic) bond motifs is 1. The van der Waals surface area contributed by atoms with E-state index in [1.165, 1.54) is 22.7 Å². The van der Waals surface area contributed by atoms with Gasteiger partial charge in [0.15, 0.2) is 11.2 Å². The molecule has 28 heavy (non-hydrogen) atoms. The second-order valence-corrected chi connectivity index (χ2v) is 8.37. The number of amides is 1. The molecular weight excluding hydrogens is 394 g/mol. The Kier molecular flexibility index (Phi) is 5.45. The van der Waals surface area contributed by atoms with Crippen LogP contribution in [0.1, 0.15) is 21.6 Å². The predicted molar refractivity (Wildman–Crippen MR) is 111 cm³/mol. The Morgan fingerprint density at radius 3 is 2.57 bits per heavy atom. The van der Waals surface area contributed by atoms with Gasteiger partial charge in [-0.3, -0.25) is 10.1 Å². The van der Waals surface area contributed by atoms with Crippen LogP contribution in [0.3, 0.4) is 0 Å². The molecule has 0 bridgehead atoms. The second-order valence-electron chi connectivity index (χ2n) is 6.19. The van der Waals surface area contributed by atoms with E-state index in [1.54, 1.807) is 6.20 Å². The summed E-state index contributed by atoms with van der Waals surface area (Å²) in [4.78, 5) is 21.8. The Bertz CT molecular complexity index is 1060. The van der Waals surface area contributed by atoms with Gasteiger partial charge in [-0.25, -0.2) is 9.97 Å². The number of anilines is 1. The van der Waals surface area contributed by atoms with Crippen LogP contribution in [0, 0.1) is 0 Å². The highest BCUT2D eigenvalue weighted by Crippen LogP contribution is 2.28. The number of carbonyl (C=O) groups excluding carboxylic acids is 1. The molecule has 2 aromatic heterocycles. The molecule has 0 saturated carbocycles. The van der Waals surface area contributed by atoms with Crippen LogP contribution in [-0.4, -0.2) is 32.2 Å². The van der Waals surface area contributed by atoms with Crippen LogP contribution in [0.5, 0.6) is 0 Å².